The average Bonchev–Trinajstić information content (AvgIpc) is 3.22. The molecule has 2 N–H and O–H groups in total. The second kappa shape index (κ2) is 8.56. The van der Waals surface area contributed by atoms with Crippen LogP contribution in [0.5, 0.6) is 5.75 Å². The van der Waals surface area contributed by atoms with E-state index in [1.54, 1.807) is 42.5 Å². The van der Waals surface area contributed by atoms with Crippen LogP contribution in [0.25, 0.3) is 10.8 Å². The lowest BCUT2D eigenvalue weighted by Gasteiger charge is -2.11. The molecule has 1 aliphatic heterocycles. The Balaban J connectivity index is 1.56. The van der Waals surface area contributed by atoms with Crippen molar-refractivity contribution in [2.75, 3.05) is 5.32 Å². The molecule has 11 heteroatoms. The molecule has 0 bridgehead atoms. The van der Waals surface area contributed by atoms with E-state index >= 15 is 0 Å². The zero-order chi connectivity index (χ0) is 24.5. The summed E-state index contributed by atoms with van der Waals surface area (Å²) in [6, 6.07) is 18.2. The van der Waals surface area contributed by atoms with Crippen molar-refractivity contribution in [1.82, 2.24) is 0 Å². The van der Waals surface area contributed by atoms with Gasteiger partial charge in [-0.25, -0.2) is 4.79 Å². The number of phenols is 1. The van der Waals surface area contributed by atoms with Crippen molar-refractivity contribution in [2.24, 2.45) is 20.2 Å². The number of amides is 3. The number of hydrogen-bond donors (Lipinski definition) is 2. The molecule has 0 aliphatic carbocycles. The van der Waals surface area contributed by atoms with Gasteiger partial charge in [0.2, 0.25) is 0 Å². The Labute approximate surface area is 196 Å². The number of benzene rings is 4. The molecule has 1 heterocycles. The Morgan fingerprint density at radius 2 is 1.69 bits per heavy atom. The van der Waals surface area contributed by atoms with E-state index in [4.69, 9.17) is 0 Å². The third-order valence-electron chi connectivity index (χ3n) is 5.24. The number of carbonyl (C=O) groups is 2. The van der Waals surface area contributed by atoms with Crippen LogP contribution in [0.4, 0.5) is 27.5 Å². The van der Waals surface area contributed by atoms with E-state index in [0.29, 0.717) is 27.2 Å². The van der Waals surface area contributed by atoms with E-state index in [1.165, 1.54) is 30.3 Å². The molecule has 1 aliphatic rings. The SMILES string of the molecule is O=C1N=c2ccc(NC(=O)c3cc4ccccc4c(N=Nc4ccccc4[N+](=O)[O-])c3O)cc2=N1. The molecule has 0 spiro atoms. The monoisotopic (exact) mass is 466 g/mol. The largest absolute Gasteiger partial charge is 0.505 e. The molecule has 0 fully saturated rings. The Hall–Kier alpha value is -5.32. The van der Waals surface area contributed by atoms with Gasteiger partial charge in [-0.1, -0.05) is 36.4 Å². The molecule has 35 heavy (non-hydrogen) atoms. The lowest BCUT2D eigenvalue weighted by Crippen LogP contribution is -2.23. The number of rotatable bonds is 5. The number of nitrogens with one attached hydrogen (secondary N) is 1. The van der Waals surface area contributed by atoms with Crippen molar-refractivity contribution in [3.05, 3.63) is 99.2 Å². The van der Waals surface area contributed by atoms with E-state index < -0.39 is 22.6 Å². The number of nitro benzene ring substituents is 1. The zero-order valence-electron chi connectivity index (χ0n) is 17.7. The molecule has 0 atom stereocenters. The van der Waals surface area contributed by atoms with Crippen LogP contribution in [-0.2, 0) is 0 Å². The molecular formula is C24H14N6O5. The zero-order valence-corrected chi connectivity index (χ0v) is 17.7. The number of para-hydroxylation sites is 1. The molecule has 11 nitrogen and oxygen atoms in total. The fourth-order valence-electron chi connectivity index (χ4n) is 3.61. The number of azo groups is 1. The lowest BCUT2D eigenvalue weighted by molar-refractivity contribution is -0.384. The first kappa shape index (κ1) is 21.5. The smallest absolute Gasteiger partial charge is 0.368 e. The molecule has 3 amide bonds. The van der Waals surface area contributed by atoms with Crippen molar-refractivity contribution in [3.8, 4) is 5.75 Å². The molecule has 170 valence electrons. The summed E-state index contributed by atoms with van der Waals surface area (Å²) in [5.74, 6) is -1.09. The van der Waals surface area contributed by atoms with Gasteiger partial charge in [0.15, 0.2) is 11.4 Å². The van der Waals surface area contributed by atoms with Gasteiger partial charge in [-0.05, 0) is 35.7 Å². The maximum atomic E-state index is 13.1. The van der Waals surface area contributed by atoms with Gasteiger partial charge < -0.3 is 10.4 Å². The predicted molar refractivity (Wildman–Crippen MR) is 125 cm³/mol. The molecule has 0 unspecified atom stereocenters. The summed E-state index contributed by atoms with van der Waals surface area (Å²) in [6.45, 7) is 0. The molecule has 5 rings (SSSR count). The van der Waals surface area contributed by atoms with Crippen LogP contribution in [0.2, 0.25) is 0 Å². The van der Waals surface area contributed by atoms with Crippen molar-refractivity contribution < 1.29 is 19.6 Å². The lowest BCUT2D eigenvalue weighted by atomic mass is 10.0. The fourth-order valence-corrected chi connectivity index (χ4v) is 3.61. The van der Waals surface area contributed by atoms with E-state index in [1.807, 2.05) is 0 Å². The van der Waals surface area contributed by atoms with Crippen LogP contribution in [0.15, 0.2) is 93.0 Å². The normalized spacial score (nSPS) is 12.3. The van der Waals surface area contributed by atoms with Gasteiger partial charge in [0.25, 0.3) is 11.6 Å². The predicted octanol–water partition coefficient (Wildman–Crippen LogP) is 4.49. The summed E-state index contributed by atoms with van der Waals surface area (Å²) < 4.78 is 0. The van der Waals surface area contributed by atoms with E-state index in [0.717, 1.165) is 0 Å². The first-order valence-electron chi connectivity index (χ1n) is 10.2. The molecule has 0 radical (unpaired) electrons. The topological polar surface area (TPSA) is 159 Å². The maximum Gasteiger partial charge on any atom is 0.368 e. The standard InChI is InChI=1S/C24H14N6O5/c31-22-16(23(32)25-14-9-10-17-19(12-14)27-24(33)26-17)11-13-5-1-2-6-15(13)21(22)29-28-18-7-3-4-8-20(18)30(34)35/h1-12,31H,(H,25,32). The summed E-state index contributed by atoms with van der Waals surface area (Å²) >= 11 is 0. The quantitative estimate of drug-likeness (QED) is 0.251. The average molecular weight is 466 g/mol. The number of aromatic hydroxyl groups is 1. The van der Waals surface area contributed by atoms with E-state index in [9.17, 15) is 24.8 Å². The summed E-state index contributed by atoms with van der Waals surface area (Å²) in [5.41, 5.74) is -0.00456. The van der Waals surface area contributed by atoms with Crippen LogP contribution < -0.4 is 16.0 Å². The third kappa shape index (κ3) is 4.09. The molecule has 0 saturated heterocycles. The highest BCUT2D eigenvalue weighted by molar-refractivity contribution is 6.11. The molecule has 0 aromatic heterocycles. The second-order valence-electron chi connectivity index (χ2n) is 7.45. The highest BCUT2D eigenvalue weighted by Gasteiger charge is 2.20. The van der Waals surface area contributed by atoms with Gasteiger partial charge in [0.1, 0.15) is 5.69 Å². The van der Waals surface area contributed by atoms with Crippen LogP contribution in [0, 0.1) is 10.1 Å². The van der Waals surface area contributed by atoms with E-state index in [-0.39, 0.29) is 22.6 Å². The number of phenolic OH excluding ortho intramolecular Hbond substituents is 1. The van der Waals surface area contributed by atoms with Crippen LogP contribution in [-0.4, -0.2) is 22.0 Å². The van der Waals surface area contributed by atoms with Gasteiger partial charge in [-0.15, -0.1) is 10.2 Å². The summed E-state index contributed by atoms with van der Waals surface area (Å²) in [4.78, 5) is 42.6. The number of anilines is 1. The van der Waals surface area contributed by atoms with E-state index in [2.05, 4.69) is 25.5 Å². The first-order valence-corrected chi connectivity index (χ1v) is 10.2. The minimum atomic E-state index is -0.642. The van der Waals surface area contributed by atoms with Gasteiger partial charge in [-0.2, -0.15) is 9.98 Å². The number of nitro groups is 1. The van der Waals surface area contributed by atoms with Gasteiger partial charge in [0.05, 0.1) is 21.2 Å². The summed E-state index contributed by atoms with van der Waals surface area (Å²) in [5, 5.41) is 34.8. The molecule has 4 aromatic rings. The number of nitrogens with zero attached hydrogens (tertiary/aromatic N) is 5. The third-order valence-corrected chi connectivity index (χ3v) is 5.24. The molecule has 0 saturated carbocycles. The highest BCUT2D eigenvalue weighted by atomic mass is 16.6. The van der Waals surface area contributed by atoms with Crippen LogP contribution >= 0.6 is 0 Å². The van der Waals surface area contributed by atoms with Gasteiger partial charge in [0, 0.05) is 17.1 Å². The Kier molecular flexibility index (Phi) is 5.26. The summed E-state index contributed by atoms with van der Waals surface area (Å²) in [6.07, 6.45) is 0. The Bertz CT molecular complexity index is 1710. The van der Waals surface area contributed by atoms with Crippen molar-refractivity contribution in [3.63, 3.8) is 0 Å². The number of fused-ring (bicyclic) bond motifs is 2. The second-order valence-corrected chi connectivity index (χ2v) is 7.45. The van der Waals surface area contributed by atoms with Gasteiger partial charge in [-0.3, -0.25) is 14.9 Å². The molecular weight excluding hydrogens is 452 g/mol. The van der Waals surface area contributed by atoms with Crippen molar-refractivity contribution >= 4 is 45.5 Å². The van der Waals surface area contributed by atoms with Crippen LogP contribution in [0.3, 0.4) is 0 Å². The minimum absolute atomic E-state index is 0.00214. The molecule has 4 aromatic carbocycles. The van der Waals surface area contributed by atoms with Crippen LogP contribution in [0.1, 0.15) is 10.4 Å². The number of urea groups is 1. The number of carbonyl (C=O) groups excluding carboxylic acids is 2. The Morgan fingerprint density at radius 3 is 2.51 bits per heavy atom. The number of hydrogen-bond acceptors (Lipinski definition) is 7. The summed E-state index contributed by atoms with van der Waals surface area (Å²) in [7, 11) is 0. The van der Waals surface area contributed by atoms with Crippen molar-refractivity contribution in [2.45, 2.75) is 0 Å². The van der Waals surface area contributed by atoms with Gasteiger partial charge >= 0.3 is 6.03 Å². The minimum Gasteiger partial charge on any atom is -0.505 e. The first-order chi connectivity index (χ1) is 16.9. The fraction of sp³-hybridized carbons (Fsp3) is 0. The van der Waals surface area contributed by atoms with Crippen molar-refractivity contribution in [1.29, 1.82) is 0 Å². The Morgan fingerprint density at radius 1 is 0.943 bits per heavy atom. The highest BCUT2D eigenvalue weighted by Crippen LogP contribution is 2.40. The maximum absolute atomic E-state index is 13.1.